The third kappa shape index (κ3) is 6.38. The number of aromatic nitrogens is 1. The minimum Gasteiger partial charge on any atom is -0.493 e. The van der Waals surface area contributed by atoms with Crippen molar-refractivity contribution in [3.63, 3.8) is 0 Å². The molecule has 1 N–H and O–H groups in total. The number of hydrogen-bond donors (Lipinski definition) is 1. The standard InChI is InChI=1S/C37H30IN3O3/c1-25-12-19-34(29-9-4-3-5-10-29)41(25)32-17-15-30(16-18-32)37(42)40-39-23-27-21-33(38)36(35(22-27)43-2)44-24-26-13-14-28-8-6-7-11-31(28)20-26/h3-23H,24H2,1-2H3,(H,40,42)/b39-23+. The van der Waals surface area contributed by atoms with Gasteiger partial charge in [0.15, 0.2) is 11.5 Å². The SMILES string of the molecule is COc1cc(/C=N/NC(=O)c2ccc(-n3c(C)ccc3-c3ccccc3)cc2)cc(I)c1OCc1ccc2ccccc2c1. The van der Waals surface area contributed by atoms with Crippen LogP contribution in [-0.4, -0.2) is 23.8 Å². The lowest BCUT2D eigenvalue weighted by atomic mass is 10.1. The summed E-state index contributed by atoms with van der Waals surface area (Å²) in [5, 5.41) is 6.57. The van der Waals surface area contributed by atoms with Crippen molar-refractivity contribution in [3.05, 3.63) is 147 Å². The number of nitrogens with zero attached hydrogens (tertiary/aromatic N) is 2. The van der Waals surface area contributed by atoms with E-state index in [0.29, 0.717) is 23.7 Å². The zero-order chi connectivity index (χ0) is 30.5. The first-order chi connectivity index (χ1) is 21.5. The summed E-state index contributed by atoms with van der Waals surface area (Å²) in [5.74, 6) is 0.962. The topological polar surface area (TPSA) is 64.8 Å². The van der Waals surface area contributed by atoms with E-state index in [9.17, 15) is 4.79 Å². The molecule has 0 radical (unpaired) electrons. The Morgan fingerprint density at radius 3 is 2.39 bits per heavy atom. The van der Waals surface area contributed by atoms with Crippen LogP contribution in [0.5, 0.6) is 11.5 Å². The van der Waals surface area contributed by atoms with Gasteiger partial charge < -0.3 is 14.0 Å². The van der Waals surface area contributed by atoms with Gasteiger partial charge >= 0.3 is 0 Å². The molecule has 0 fully saturated rings. The molecule has 6 aromatic rings. The molecule has 0 spiro atoms. The molecule has 5 aromatic carbocycles. The Morgan fingerprint density at radius 2 is 1.61 bits per heavy atom. The summed E-state index contributed by atoms with van der Waals surface area (Å²) in [6.45, 7) is 2.48. The van der Waals surface area contributed by atoms with E-state index >= 15 is 0 Å². The van der Waals surface area contributed by atoms with Gasteiger partial charge in [0.05, 0.1) is 22.6 Å². The average molecular weight is 692 g/mol. The van der Waals surface area contributed by atoms with Crippen LogP contribution in [0, 0.1) is 10.5 Å². The second kappa shape index (κ2) is 13.2. The number of rotatable bonds is 9. The van der Waals surface area contributed by atoms with Crippen LogP contribution < -0.4 is 14.9 Å². The number of halogens is 1. The predicted molar refractivity (Wildman–Crippen MR) is 185 cm³/mol. The summed E-state index contributed by atoms with van der Waals surface area (Å²) in [5.41, 5.74) is 9.32. The van der Waals surface area contributed by atoms with E-state index in [2.05, 4.69) is 99.2 Å². The molecular formula is C37H30IN3O3. The molecule has 6 nitrogen and oxygen atoms in total. The van der Waals surface area contributed by atoms with E-state index in [1.54, 1.807) is 13.3 Å². The van der Waals surface area contributed by atoms with Crippen molar-refractivity contribution in [1.82, 2.24) is 9.99 Å². The maximum absolute atomic E-state index is 12.9. The lowest BCUT2D eigenvalue weighted by molar-refractivity contribution is 0.0955. The Hall–Kier alpha value is -4.89. The number of hydrogen-bond acceptors (Lipinski definition) is 4. The van der Waals surface area contributed by atoms with Crippen molar-refractivity contribution in [2.75, 3.05) is 7.11 Å². The van der Waals surface area contributed by atoms with E-state index in [0.717, 1.165) is 37.3 Å². The van der Waals surface area contributed by atoms with Gasteiger partial charge in [0.2, 0.25) is 0 Å². The highest BCUT2D eigenvalue weighted by Crippen LogP contribution is 2.34. The molecule has 218 valence electrons. The first kappa shape index (κ1) is 29.2. The smallest absolute Gasteiger partial charge is 0.271 e. The number of aryl methyl sites for hydroxylation is 1. The van der Waals surface area contributed by atoms with Gasteiger partial charge in [-0.15, -0.1) is 0 Å². The average Bonchev–Trinajstić information content (AvgIpc) is 3.45. The van der Waals surface area contributed by atoms with E-state index in [4.69, 9.17) is 9.47 Å². The number of methoxy groups -OCH3 is 1. The molecule has 6 rings (SSSR count). The molecule has 0 atom stereocenters. The van der Waals surface area contributed by atoms with Gasteiger partial charge in [-0.2, -0.15) is 5.10 Å². The summed E-state index contributed by atoms with van der Waals surface area (Å²) >= 11 is 2.23. The molecule has 1 heterocycles. The summed E-state index contributed by atoms with van der Waals surface area (Å²) in [6.07, 6.45) is 1.60. The summed E-state index contributed by atoms with van der Waals surface area (Å²) in [4.78, 5) is 12.9. The fourth-order valence-electron chi connectivity index (χ4n) is 5.15. The number of nitrogens with one attached hydrogen (secondary N) is 1. The highest BCUT2D eigenvalue weighted by atomic mass is 127. The van der Waals surface area contributed by atoms with Crippen LogP contribution in [0.2, 0.25) is 0 Å². The first-order valence-corrected chi connectivity index (χ1v) is 15.2. The van der Waals surface area contributed by atoms with Crippen LogP contribution in [0.4, 0.5) is 0 Å². The molecular weight excluding hydrogens is 661 g/mol. The lowest BCUT2D eigenvalue weighted by Gasteiger charge is -2.14. The second-order valence-corrected chi connectivity index (χ2v) is 11.5. The van der Waals surface area contributed by atoms with Crippen molar-refractivity contribution >= 4 is 45.5 Å². The Morgan fingerprint density at radius 1 is 0.864 bits per heavy atom. The van der Waals surface area contributed by atoms with Gasteiger partial charge in [-0.3, -0.25) is 4.79 Å². The molecule has 44 heavy (non-hydrogen) atoms. The van der Waals surface area contributed by atoms with Crippen LogP contribution in [0.1, 0.15) is 27.2 Å². The summed E-state index contributed by atoms with van der Waals surface area (Å²) in [6, 6.07) is 40.3. The Bertz CT molecular complexity index is 1960. The van der Waals surface area contributed by atoms with Gasteiger partial charge in [-0.05, 0) is 112 Å². The predicted octanol–water partition coefficient (Wildman–Crippen LogP) is 8.56. The molecule has 0 saturated carbocycles. The van der Waals surface area contributed by atoms with E-state index in [1.165, 1.54) is 10.8 Å². The highest BCUT2D eigenvalue weighted by Gasteiger charge is 2.13. The maximum atomic E-state index is 12.9. The van der Waals surface area contributed by atoms with Crippen LogP contribution in [0.25, 0.3) is 27.7 Å². The van der Waals surface area contributed by atoms with E-state index in [1.807, 2.05) is 66.7 Å². The van der Waals surface area contributed by atoms with Gasteiger partial charge in [0.25, 0.3) is 5.91 Å². The maximum Gasteiger partial charge on any atom is 0.271 e. The largest absolute Gasteiger partial charge is 0.493 e. The van der Waals surface area contributed by atoms with Gasteiger partial charge in [0, 0.05) is 16.9 Å². The third-order valence-corrected chi connectivity index (χ3v) is 8.16. The third-order valence-electron chi connectivity index (χ3n) is 7.36. The molecule has 0 saturated heterocycles. The molecule has 0 aliphatic rings. The van der Waals surface area contributed by atoms with Gasteiger partial charge in [-0.1, -0.05) is 66.7 Å². The van der Waals surface area contributed by atoms with E-state index < -0.39 is 0 Å². The van der Waals surface area contributed by atoms with Crippen molar-refractivity contribution in [2.45, 2.75) is 13.5 Å². The lowest BCUT2D eigenvalue weighted by Crippen LogP contribution is -2.17. The Kier molecular flexibility index (Phi) is 8.74. The molecule has 1 aromatic heterocycles. The van der Waals surface area contributed by atoms with Crippen molar-refractivity contribution in [2.24, 2.45) is 5.10 Å². The number of fused-ring (bicyclic) bond motifs is 1. The van der Waals surface area contributed by atoms with Gasteiger partial charge in [-0.25, -0.2) is 5.43 Å². The monoisotopic (exact) mass is 691 g/mol. The molecule has 0 unspecified atom stereocenters. The Labute approximate surface area is 270 Å². The number of carbonyl (C=O) groups is 1. The quantitative estimate of drug-likeness (QED) is 0.0939. The fraction of sp³-hybridized carbons (Fsp3) is 0.0811. The van der Waals surface area contributed by atoms with Crippen LogP contribution in [0.15, 0.2) is 126 Å². The zero-order valence-corrected chi connectivity index (χ0v) is 26.5. The minimum absolute atomic E-state index is 0.294. The van der Waals surface area contributed by atoms with Crippen molar-refractivity contribution in [3.8, 4) is 28.4 Å². The molecule has 0 aliphatic carbocycles. The Balaban J connectivity index is 1.11. The number of benzene rings is 5. The van der Waals surface area contributed by atoms with Crippen LogP contribution >= 0.6 is 22.6 Å². The number of ether oxygens (including phenoxy) is 2. The minimum atomic E-state index is -0.294. The fourth-order valence-corrected chi connectivity index (χ4v) is 5.93. The second-order valence-electron chi connectivity index (χ2n) is 10.3. The van der Waals surface area contributed by atoms with Gasteiger partial charge in [0.1, 0.15) is 6.61 Å². The normalized spacial score (nSPS) is 11.2. The summed E-state index contributed by atoms with van der Waals surface area (Å²) < 4.78 is 14.9. The highest BCUT2D eigenvalue weighted by molar-refractivity contribution is 14.1. The zero-order valence-electron chi connectivity index (χ0n) is 24.3. The molecule has 1 amide bonds. The van der Waals surface area contributed by atoms with Crippen molar-refractivity contribution in [1.29, 1.82) is 0 Å². The number of carbonyl (C=O) groups excluding carboxylic acids is 1. The molecule has 0 bridgehead atoms. The molecule has 0 aliphatic heterocycles. The van der Waals surface area contributed by atoms with Crippen LogP contribution in [-0.2, 0) is 6.61 Å². The summed E-state index contributed by atoms with van der Waals surface area (Å²) in [7, 11) is 1.61. The van der Waals surface area contributed by atoms with Crippen LogP contribution in [0.3, 0.4) is 0 Å². The number of amides is 1. The first-order valence-electron chi connectivity index (χ1n) is 14.2. The molecule has 7 heteroatoms. The van der Waals surface area contributed by atoms with Crippen molar-refractivity contribution < 1.29 is 14.3 Å². The van der Waals surface area contributed by atoms with E-state index in [-0.39, 0.29) is 5.91 Å². The number of hydrazone groups is 1.